The van der Waals surface area contributed by atoms with Gasteiger partial charge in [-0.05, 0) is 61.4 Å². The fourth-order valence-corrected chi connectivity index (χ4v) is 3.64. The fourth-order valence-electron chi connectivity index (χ4n) is 3.64. The highest BCUT2D eigenvalue weighted by Crippen LogP contribution is 2.30. The number of anilines is 1. The average molecular weight is 495 g/mol. The molecule has 1 saturated heterocycles. The van der Waals surface area contributed by atoms with Crippen LogP contribution in [0.3, 0.4) is 0 Å². The number of nitrogens with one attached hydrogen (secondary N) is 1. The van der Waals surface area contributed by atoms with Gasteiger partial charge in [0.2, 0.25) is 0 Å². The lowest BCUT2D eigenvalue weighted by Gasteiger charge is -2.26. The van der Waals surface area contributed by atoms with Crippen LogP contribution >= 0.6 is 0 Å². The Morgan fingerprint density at radius 1 is 0.944 bits per heavy atom. The number of hydrogen-bond donors (Lipinski definition) is 1. The molecule has 1 N–H and O–H groups in total. The lowest BCUT2D eigenvalue weighted by atomic mass is 10.1. The fraction of sp³-hybridized carbons (Fsp3) is 0.333. The van der Waals surface area contributed by atoms with E-state index >= 15 is 0 Å². The van der Waals surface area contributed by atoms with E-state index in [2.05, 4.69) is 17.0 Å². The van der Waals surface area contributed by atoms with Gasteiger partial charge in [0.1, 0.15) is 5.57 Å². The zero-order valence-corrected chi connectivity index (χ0v) is 20.7. The number of nitrogens with zero attached hydrogens (tertiary/aromatic N) is 1. The van der Waals surface area contributed by atoms with Gasteiger partial charge in [-0.3, -0.25) is 14.9 Å². The summed E-state index contributed by atoms with van der Waals surface area (Å²) in [6.45, 7) is 4.97. The smallest absolute Gasteiger partial charge is 0.337 e. The van der Waals surface area contributed by atoms with E-state index in [0.717, 1.165) is 30.6 Å². The van der Waals surface area contributed by atoms with Crippen LogP contribution in [0, 0.1) is 0 Å². The number of imide groups is 2. The second-order valence-electron chi connectivity index (χ2n) is 8.04. The van der Waals surface area contributed by atoms with E-state index in [-0.39, 0.29) is 16.8 Å². The van der Waals surface area contributed by atoms with Crippen molar-refractivity contribution in [3.05, 3.63) is 59.2 Å². The summed E-state index contributed by atoms with van der Waals surface area (Å²) in [7, 11) is 1.25. The molecule has 0 aromatic heterocycles. The minimum atomic E-state index is -0.880. The number of unbranched alkanes of at least 4 members (excludes halogenated alkanes) is 3. The largest absolute Gasteiger partial charge is 0.490 e. The number of barbiturate groups is 1. The number of ether oxygens (including phenoxy) is 3. The molecular formula is C27H30N2O7. The molecule has 0 unspecified atom stereocenters. The predicted octanol–water partition coefficient (Wildman–Crippen LogP) is 4.50. The molecule has 36 heavy (non-hydrogen) atoms. The number of benzene rings is 2. The molecule has 0 radical (unpaired) electrons. The molecule has 1 aliphatic rings. The van der Waals surface area contributed by atoms with Gasteiger partial charge >= 0.3 is 12.0 Å². The number of esters is 1. The van der Waals surface area contributed by atoms with E-state index in [1.807, 2.05) is 6.92 Å². The van der Waals surface area contributed by atoms with E-state index < -0.39 is 23.8 Å². The number of carbonyl (C=O) groups excluding carboxylic acids is 4. The Bertz CT molecular complexity index is 1160. The maximum atomic E-state index is 13.2. The van der Waals surface area contributed by atoms with Crippen molar-refractivity contribution in [2.75, 3.05) is 25.2 Å². The third-order valence-electron chi connectivity index (χ3n) is 5.48. The number of carbonyl (C=O) groups is 4. The molecule has 3 rings (SSSR count). The minimum absolute atomic E-state index is 0.199. The van der Waals surface area contributed by atoms with Crippen LogP contribution in [-0.4, -0.2) is 44.1 Å². The molecule has 2 aromatic rings. The number of rotatable bonds is 11. The summed E-state index contributed by atoms with van der Waals surface area (Å²) in [6.07, 6.45) is 5.71. The maximum absolute atomic E-state index is 13.2. The molecule has 4 amide bonds. The van der Waals surface area contributed by atoms with Gasteiger partial charge in [0.15, 0.2) is 11.5 Å². The van der Waals surface area contributed by atoms with Crippen molar-refractivity contribution in [3.8, 4) is 11.5 Å². The molecule has 9 heteroatoms. The van der Waals surface area contributed by atoms with Gasteiger partial charge in [0.05, 0.1) is 31.6 Å². The molecule has 0 bridgehead atoms. The Hall–Kier alpha value is -4.14. The monoisotopic (exact) mass is 494 g/mol. The Morgan fingerprint density at radius 2 is 1.69 bits per heavy atom. The zero-order valence-electron chi connectivity index (χ0n) is 20.7. The van der Waals surface area contributed by atoms with Crippen LogP contribution in [0.1, 0.15) is 55.5 Å². The van der Waals surface area contributed by atoms with Crippen LogP contribution in [0.2, 0.25) is 0 Å². The van der Waals surface area contributed by atoms with E-state index in [9.17, 15) is 19.2 Å². The first-order chi connectivity index (χ1) is 17.4. The number of urea groups is 1. The molecule has 190 valence electrons. The highest BCUT2D eigenvalue weighted by Gasteiger charge is 2.36. The minimum Gasteiger partial charge on any atom is -0.490 e. The molecule has 0 saturated carbocycles. The highest BCUT2D eigenvalue weighted by atomic mass is 16.5. The van der Waals surface area contributed by atoms with Crippen LogP contribution in [-0.2, 0) is 14.3 Å². The molecule has 1 heterocycles. The maximum Gasteiger partial charge on any atom is 0.337 e. The van der Waals surface area contributed by atoms with Crippen molar-refractivity contribution in [2.45, 2.75) is 39.5 Å². The molecule has 1 fully saturated rings. The molecule has 1 aliphatic heterocycles. The molecule has 2 aromatic carbocycles. The van der Waals surface area contributed by atoms with Crippen LogP contribution in [0.5, 0.6) is 11.5 Å². The van der Waals surface area contributed by atoms with E-state index in [0.29, 0.717) is 30.3 Å². The zero-order chi connectivity index (χ0) is 26.1. The van der Waals surface area contributed by atoms with Crippen molar-refractivity contribution in [1.82, 2.24) is 5.32 Å². The van der Waals surface area contributed by atoms with Crippen LogP contribution < -0.4 is 19.7 Å². The predicted molar refractivity (Wildman–Crippen MR) is 134 cm³/mol. The lowest BCUT2D eigenvalue weighted by Crippen LogP contribution is -2.54. The third-order valence-corrected chi connectivity index (χ3v) is 5.48. The van der Waals surface area contributed by atoms with Gasteiger partial charge in [0.25, 0.3) is 11.8 Å². The first-order valence-electron chi connectivity index (χ1n) is 11.9. The third kappa shape index (κ3) is 6.29. The van der Waals surface area contributed by atoms with Gasteiger partial charge in [-0.25, -0.2) is 14.5 Å². The highest BCUT2D eigenvalue weighted by molar-refractivity contribution is 6.39. The molecule has 0 aliphatic carbocycles. The quantitative estimate of drug-likeness (QED) is 0.212. The van der Waals surface area contributed by atoms with Crippen molar-refractivity contribution >= 4 is 35.6 Å². The van der Waals surface area contributed by atoms with Crippen LogP contribution in [0.4, 0.5) is 10.5 Å². The van der Waals surface area contributed by atoms with E-state index in [4.69, 9.17) is 9.47 Å². The van der Waals surface area contributed by atoms with Crippen molar-refractivity contribution in [3.63, 3.8) is 0 Å². The summed E-state index contributed by atoms with van der Waals surface area (Å²) < 4.78 is 16.2. The van der Waals surface area contributed by atoms with E-state index in [1.54, 1.807) is 18.2 Å². The SMILES string of the molecule is CCCCCCOc1ccc(/C=C2/C(=O)NC(=O)N(c3ccc(C(=O)OC)cc3)C2=O)cc1OCC. The van der Waals surface area contributed by atoms with Gasteiger partial charge in [0, 0.05) is 0 Å². The Kier molecular flexibility index (Phi) is 9.21. The molecule has 0 spiro atoms. The van der Waals surface area contributed by atoms with Crippen molar-refractivity contribution < 1.29 is 33.4 Å². The number of hydrogen-bond acceptors (Lipinski definition) is 7. The second-order valence-corrected chi connectivity index (χ2v) is 8.04. The summed E-state index contributed by atoms with van der Waals surface area (Å²) in [5.74, 6) is -1.06. The van der Waals surface area contributed by atoms with Gasteiger partial charge in [-0.2, -0.15) is 0 Å². The summed E-state index contributed by atoms with van der Waals surface area (Å²) in [5.41, 5.74) is 0.771. The van der Waals surface area contributed by atoms with E-state index in [1.165, 1.54) is 37.5 Å². The van der Waals surface area contributed by atoms with Crippen LogP contribution in [0.25, 0.3) is 6.08 Å². The molecule has 0 atom stereocenters. The summed E-state index contributed by atoms with van der Waals surface area (Å²) in [4.78, 5) is 50.6. The second kappa shape index (κ2) is 12.5. The topological polar surface area (TPSA) is 111 Å². The van der Waals surface area contributed by atoms with Gasteiger partial charge in [-0.1, -0.05) is 32.3 Å². The van der Waals surface area contributed by atoms with Crippen molar-refractivity contribution in [2.24, 2.45) is 0 Å². The summed E-state index contributed by atoms with van der Waals surface area (Å²) >= 11 is 0. The number of amides is 4. The molecule has 9 nitrogen and oxygen atoms in total. The average Bonchev–Trinajstić information content (AvgIpc) is 2.87. The number of methoxy groups -OCH3 is 1. The first-order valence-corrected chi connectivity index (χ1v) is 11.9. The standard InChI is InChI=1S/C27H30N2O7/c1-4-6-7-8-15-36-22-14-9-18(17-23(22)35-5-2)16-21-24(30)28-27(33)29(25(21)31)20-12-10-19(11-13-20)26(32)34-3/h9-14,16-17H,4-8,15H2,1-3H3,(H,28,30,33)/b21-16-. The Labute approximate surface area is 210 Å². The summed E-state index contributed by atoms with van der Waals surface area (Å²) in [5, 5.41) is 2.18. The Morgan fingerprint density at radius 3 is 2.36 bits per heavy atom. The molecular weight excluding hydrogens is 464 g/mol. The van der Waals surface area contributed by atoms with Gasteiger partial charge in [-0.15, -0.1) is 0 Å². The van der Waals surface area contributed by atoms with Crippen LogP contribution in [0.15, 0.2) is 48.0 Å². The lowest BCUT2D eigenvalue weighted by molar-refractivity contribution is -0.122. The summed E-state index contributed by atoms with van der Waals surface area (Å²) in [6, 6.07) is 9.96. The first kappa shape index (κ1) is 26.5. The van der Waals surface area contributed by atoms with Crippen molar-refractivity contribution in [1.29, 1.82) is 0 Å². The Balaban J connectivity index is 1.84. The normalized spacial score (nSPS) is 14.6. The van der Waals surface area contributed by atoms with Gasteiger partial charge < -0.3 is 14.2 Å².